The molecular formula is C45H82O9. The molecule has 0 aromatic heterocycles. The summed E-state index contributed by atoms with van der Waals surface area (Å²) in [7, 11) is 0. The Kier molecular flexibility index (Phi) is 34.6. The van der Waals surface area contributed by atoms with Gasteiger partial charge >= 0.3 is 5.97 Å². The van der Waals surface area contributed by atoms with Crippen LogP contribution >= 0.6 is 0 Å². The van der Waals surface area contributed by atoms with Crippen molar-refractivity contribution in [3.8, 4) is 0 Å². The van der Waals surface area contributed by atoms with E-state index < -0.39 is 43.4 Å². The molecule has 0 spiro atoms. The van der Waals surface area contributed by atoms with Crippen LogP contribution in [0.4, 0.5) is 0 Å². The van der Waals surface area contributed by atoms with Crippen molar-refractivity contribution in [2.45, 2.75) is 218 Å². The largest absolute Gasteiger partial charge is 0.457 e. The van der Waals surface area contributed by atoms with Gasteiger partial charge in [0.25, 0.3) is 0 Å². The highest BCUT2D eigenvalue weighted by Gasteiger charge is 2.44. The highest BCUT2D eigenvalue weighted by molar-refractivity contribution is 5.69. The molecule has 316 valence electrons. The van der Waals surface area contributed by atoms with Crippen LogP contribution in [0.15, 0.2) is 36.5 Å². The van der Waals surface area contributed by atoms with Crippen molar-refractivity contribution in [3.63, 3.8) is 0 Å². The summed E-state index contributed by atoms with van der Waals surface area (Å²) in [6, 6.07) is 0. The number of carbonyl (C=O) groups is 1. The lowest BCUT2D eigenvalue weighted by atomic mass is 9.99. The SMILES string of the molecule is CCC/C=C\C/C=C\CCCCCCCCOCC(COC1OC(CO)C(O)C(O)C1O)OC(=O)CCCCCCCCC/C=C\CCCCCCCC. The van der Waals surface area contributed by atoms with E-state index >= 15 is 0 Å². The van der Waals surface area contributed by atoms with Crippen LogP contribution in [0.25, 0.3) is 0 Å². The Bertz CT molecular complexity index is 921. The lowest BCUT2D eigenvalue weighted by Crippen LogP contribution is -2.59. The van der Waals surface area contributed by atoms with Crippen molar-refractivity contribution in [3.05, 3.63) is 36.5 Å². The molecule has 1 fully saturated rings. The predicted molar refractivity (Wildman–Crippen MR) is 219 cm³/mol. The van der Waals surface area contributed by atoms with Gasteiger partial charge < -0.3 is 39.4 Å². The molecule has 0 aliphatic carbocycles. The van der Waals surface area contributed by atoms with Gasteiger partial charge in [0.15, 0.2) is 6.29 Å². The third-order valence-electron chi connectivity index (χ3n) is 10.0. The van der Waals surface area contributed by atoms with Crippen LogP contribution in [-0.2, 0) is 23.7 Å². The highest BCUT2D eigenvalue weighted by Crippen LogP contribution is 2.22. The number of carbonyl (C=O) groups excluding carboxylic acids is 1. The number of allylic oxidation sites excluding steroid dienone is 6. The second-order valence-corrected chi connectivity index (χ2v) is 15.1. The zero-order chi connectivity index (χ0) is 39.3. The summed E-state index contributed by atoms with van der Waals surface area (Å²) < 4.78 is 22.8. The number of aliphatic hydroxyl groups is 4. The van der Waals surface area contributed by atoms with Gasteiger partial charge in [-0.3, -0.25) is 4.79 Å². The van der Waals surface area contributed by atoms with E-state index in [1.54, 1.807) is 0 Å². The number of aliphatic hydroxyl groups excluding tert-OH is 4. The smallest absolute Gasteiger partial charge is 0.306 e. The van der Waals surface area contributed by atoms with Crippen molar-refractivity contribution in [1.82, 2.24) is 0 Å². The van der Waals surface area contributed by atoms with E-state index in [4.69, 9.17) is 18.9 Å². The molecule has 9 nitrogen and oxygen atoms in total. The summed E-state index contributed by atoms with van der Waals surface area (Å²) in [5, 5.41) is 40.1. The van der Waals surface area contributed by atoms with Crippen LogP contribution in [0.2, 0.25) is 0 Å². The average Bonchev–Trinajstić information content (AvgIpc) is 3.17. The Balaban J connectivity index is 2.28. The first kappa shape index (κ1) is 50.4. The van der Waals surface area contributed by atoms with Gasteiger partial charge in [0.05, 0.1) is 19.8 Å². The van der Waals surface area contributed by atoms with Gasteiger partial charge in [-0.05, 0) is 64.2 Å². The second-order valence-electron chi connectivity index (χ2n) is 15.1. The van der Waals surface area contributed by atoms with Crippen LogP contribution in [0.3, 0.4) is 0 Å². The summed E-state index contributed by atoms with van der Waals surface area (Å²) in [5.41, 5.74) is 0. The molecule has 1 heterocycles. The molecule has 1 aliphatic heterocycles. The summed E-state index contributed by atoms with van der Waals surface area (Å²) in [4.78, 5) is 12.8. The lowest BCUT2D eigenvalue weighted by molar-refractivity contribution is -0.305. The predicted octanol–water partition coefficient (Wildman–Crippen LogP) is 9.58. The molecule has 0 radical (unpaired) electrons. The Morgan fingerprint density at radius 3 is 1.69 bits per heavy atom. The molecule has 4 N–H and O–H groups in total. The van der Waals surface area contributed by atoms with Crippen molar-refractivity contribution in [2.75, 3.05) is 26.4 Å². The molecular weight excluding hydrogens is 684 g/mol. The first-order valence-electron chi connectivity index (χ1n) is 22.1. The minimum Gasteiger partial charge on any atom is -0.457 e. The maximum atomic E-state index is 12.8. The maximum Gasteiger partial charge on any atom is 0.306 e. The van der Waals surface area contributed by atoms with E-state index in [0.717, 1.165) is 57.8 Å². The standard InChI is InChI=1S/C45H82O9/c1-3-5-7-9-11-13-15-17-19-20-21-22-24-26-28-30-32-34-41(47)53-39(38-52-45-44(50)43(49)42(48)40(36-46)54-45)37-51-35-33-31-29-27-25-23-18-16-14-12-10-8-6-4-2/h8,10,14,16-17,19,39-40,42-46,48-50H,3-7,9,11-13,15,18,20-38H2,1-2H3/b10-8-,16-14-,19-17-. The van der Waals surface area contributed by atoms with E-state index in [1.807, 2.05) is 0 Å². The van der Waals surface area contributed by atoms with Crippen molar-refractivity contribution < 1.29 is 44.2 Å². The van der Waals surface area contributed by atoms with E-state index in [2.05, 4.69) is 50.3 Å². The highest BCUT2D eigenvalue weighted by atomic mass is 16.7. The number of esters is 1. The summed E-state index contributed by atoms with van der Waals surface area (Å²) >= 11 is 0. The third kappa shape index (κ3) is 27.9. The molecule has 0 aromatic carbocycles. The number of unbranched alkanes of at least 4 members (excludes halogenated alkanes) is 20. The molecule has 0 bridgehead atoms. The monoisotopic (exact) mass is 767 g/mol. The Hall–Kier alpha value is -1.59. The van der Waals surface area contributed by atoms with Crippen LogP contribution < -0.4 is 0 Å². The van der Waals surface area contributed by atoms with Crippen LogP contribution in [-0.4, -0.2) is 89.6 Å². The first-order chi connectivity index (χ1) is 26.4. The minimum absolute atomic E-state index is 0.119. The molecule has 0 saturated carbocycles. The van der Waals surface area contributed by atoms with E-state index in [1.165, 1.54) is 103 Å². The number of ether oxygens (including phenoxy) is 4. The summed E-state index contributed by atoms with van der Waals surface area (Å²) in [6.07, 6.45) is 35.9. The zero-order valence-electron chi connectivity index (χ0n) is 34.5. The summed E-state index contributed by atoms with van der Waals surface area (Å²) in [6.45, 7) is 4.47. The molecule has 6 unspecified atom stereocenters. The molecule has 0 amide bonds. The maximum absolute atomic E-state index is 12.8. The van der Waals surface area contributed by atoms with Crippen molar-refractivity contribution >= 4 is 5.97 Å². The van der Waals surface area contributed by atoms with Crippen molar-refractivity contribution in [1.29, 1.82) is 0 Å². The molecule has 54 heavy (non-hydrogen) atoms. The number of hydrogen-bond donors (Lipinski definition) is 4. The minimum atomic E-state index is -1.54. The Labute approximate surface area is 330 Å². The molecule has 0 aromatic rings. The topological polar surface area (TPSA) is 135 Å². The molecule has 1 rings (SSSR count). The zero-order valence-corrected chi connectivity index (χ0v) is 34.5. The molecule has 1 saturated heterocycles. The van der Waals surface area contributed by atoms with Gasteiger partial charge in [0.1, 0.15) is 30.5 Å². The van der Waals surface area contributed by atoms with Crippen LogP contribution in [0.5, 0.6) is 0 Å². The Morgan fingerprint density at radius 2 is 1.11 bits per heavy atom. The van der Waals surface area contributed by atoms with Gasteiger partial charge in [0.2, 0.25) is 0 Å². The fourth-order valence-corrected chi connectivity index (χ4v) is 6.52. The molecule has 1 aliphatic rings. The van der Waals surface area contributed by atoms with E-state index in [0.29, 0.717) is 13.0 Å². The molecule has 6 atom stereocenters. The van der Waals surface area contributed by atoms with E-state index in [-0.39, 0.29) is 19.2 Å². The normalized spacial score (nSPS) is 21.2. The second kappa shape index (κ2) is 37.0. The quantitative estimate of drug-likeness (QED) is 0.0277. The van der Waals surface area contributed by atoms with Gasteiger partial charge in [-0.2, -0.15) is 0 Å². The van der Waals surface area contributed by atoms with Gasteiger partial charge in [0, 0.05) is 13.0 Å². The Morgan fingerprint density at radius 1 is 0.593 bits per heavy atom. The fourth-order valence-electron chi connectivity index (χ4n) is 6.52. The number of hydrogen-bond acceptors (Lipinski definition) is 9. The fraction of sp³-hybridized carbons (Fsp3) is 0.844. The molecule has 9 heteroatoms. The van der Waals surface area contributed by atoms with Crippen molar-refractivity contribution in [2.24, 2.45) is 0 Å². The first-order valence-corrected chi connectivity index (χ1v) is 22.1. The van der Waals surface area contributed by atoms with E-state index in [9.17, 15) is 25.2 Å². The van der Waals surface area contributed by atoms with Gasteiger partial charge in [-0.15, -0.1) is 0 Å². The van der Waals surface area contributed by atoms with Crippen LogP contribution in [0.1, 0.15) is 181 Å². The van der Waals surface area contributed by atoms with Gasteiger partial charge in [-0.25, -0.2) is 0 Å². The van der Waals surface area contributed by atoms with Gasteiger partial charge in [-0.1, -0.05) is 147 Å². The summed E-state index contributed by atoms with van der Waals surface area (Å²) in [5.74, 6) is -0.323. The van der Waals surface area contributed by atoms with Crippen LogP contribution in [0, 0.1) is 0 Å². The lowest BCUT2D eigenvalue weighted by Gasteiger charge is -2.39. The third-order valence-corrected chi connectivity index (χ3v) is 10.0. The average molecular weight is 767 g/mol. The number of rotatable bonds is 37.